The third-order valence-electron chi connectivity index (χ3n) is 3.32. The van der Waals surface area contributed by atoms with Crippen LogP contribution in [0, 0.1) is 11.8 Å². The van der Waals surface area contributed by atoms with Gasteiger partial charge in [-0.3, -0.25) is 14.4 Å². The first-order chi connectivity index (χ1) is 8.00. The number of aliphatic carboxylic acids is 2. The average Bonchev–Trinajstić information content (AvgIpc) is 2.25. The van der Waals surface area contributed by atoms with Crippen molar-refractivity contribution in [2.45, 2.75) is 44.9 Å². The minimum absolute atomic E-state index is 0.0159. The highest BCUT2D eigenvalue weighted by atomic mass is 16.4. The van der Waals surface area contributed by atoms with Crippen LogP contribution in [0.3, 0.4) is 0 Å². The standard InChI is InChI=1S/C12H18O5/c13-10(14)6-4-8-2-1-3-9(12(8)17)5-7-11(15)16/h8-9H,1-7H2,(H,13,14)(H,15,16)/t8-,9-/m1/s1. The molecule has 0 aromatic carbocycles. The lowest BCUT2D eigenvalue weighted by atomic mass is 9.76. The second-order valence-electron chi connectivity index (χ2n) is 4.59. The Hall–Kier alpha value is -1.39. The molecule has 5 heteroatoms. The smallest absolute Gasteiger partial charge is 0.303 e. The molecule has 5 nitrogen and oxygen atoms in total. The zero-order valence-electron chi connectivity index (χ0n) is 9.72. The highest BCUT2D eigenvalue weighted by Gasteiger charge is 2.31. The Labute approximate surface area is 99.8 Å². The second-order valence-corrected chi connectivity index (χ2v) is 4.59. The highest BCUT2D eigenvalue weighted by molar-refractivity contribution is 5.85. The molecule has 0 spiro atoms. The molecular formula is C12H18O5. The van der Waals surface area contributed by atoms with Gasteiger partial charge in [-0.15, -0.1) is 0 Å². The molecule has 0 heterocycles. The van der Waals surface area contributed by atoms with Crippen LogP contribution in [0.5, 0.6) is 0 Å². The fourth-order valence-corrected chi connectivity index (χ4v) is 2.40. The molecule has 17 heavy (non-hydrogen) atoms. The molecule has 1 rings (SSSR count). The number of carbonyl (C=O) groups is 3. The zero-order valence-corrected chi connectivity index (χ0v) is 9.72. The maximum Gasteiger partial charge on any atom is 0.303 e. The van der Waals surface area contributed by atoms with Crippen molar-refractivity contribution >= 4 is 17.7 Å². The Morgan fingerprint density at radius 3 is 1.76 bits per heavy atom. The van der Waals surface area contributed by atoms with E-state index in [-0.39, 0.29) is 30.5 Å². The summed E-state index contributed by atoms with van der Waals surface area (Å²) in [4.78, 5) is 32.9. The van der Waals surface area contributed by atoms with Gasteiger partial charge >= 0.3 is 11.9 Å². The molecule has 2 N–H and O–H groups in total. The van der Waals surface area contributed by atoms with Crippen LogP contribution >= 0.6 is 0 Å². The largest absolute Gasteiger partial charge is 0.481 e. The minimum atomic E-state index is -0.884. The van der Waals surface area contributed by atoms with Gasteiger partial charge in [0.05, 0.1) is 0 Å². The zero-order chi connectivity index (χ0) is 12.8. The number of hydrogen-bond acceptors (Lipinski definition) is 3. The summed E-state index contributed by atoms with van der Waals surface area (Å²) < 4.78 is 0. The molecule has 0 aliphatic heterocycles. The molecule has 0 aromatic rings. The third kappa shape index (κ3) is 4.54. The van der Waals surface area contributed by atoms with Crippen LogP contribution in [0.25, 0.3) is 0 Å². The quantitative estimate of drug-likeness (QED) is 0.739. The van der Waals surface area contributed by atoms with E-state index >= 15 is 0 Å². The van der Waals surface area contributed by atoms with Crippen molar-refractivity contribution in [1.29, 1.82) is 0 Å². The fraction of sp³-hybridized carbons (Fsp3) is 0.750. The Kier molecular flexibility index (Phi) is 5.12. The van der Waals surface area contributed by atoms with Crippen LogP contribution in [0.15, 0.2) is 0 Å². The Bertz CT molecular complexity index is 282. The van der Waals surface area contributed by atoms with Crippen LogP contribution < -0.4 is 0 Å². The number of ketones is 1. The molecule has 0 bridgehead atoms. The molecule has 0 aromatic heterocycles. The second kappa shape index (κ2) is 6.37. The van der Waals surface area contributed by atoms with Crippen molar-refractivity contribution in [3.8, 4) is 0 Å². The van der Waals surface area contributed by atoms with Gasteiger partial charge < -0.3 is 10.2 Å². The summed E-state index contributed by atoms with van der Waals surface area (Å²) in [5.74, 6) is -2.06. The topological polar surface area (TPSA) is 91.7 Å². The summed E-state index contributed by atoms with van der Waals surface area (Å²) >= 11 is 0. The van der Waals surface area contributed by atoms with E-state index in [9.17, 15) is 14.4 Å². The molecule has 1 saturated carbocycles. The number of carboxylic acids is 2. The fourth-order valence-electron chi connectivity index (χ4n) is 2.40. The van der Waals surface area contributed by atoms with Gasteiger partial charge in [0.15, 0.2) is 0 Å². The van der Waals surface area contributed by atoms with Crippen molar-refractivity contribution in [2.75, 3.05) is 0 Å². The lowest BCUT2D eigenvalue weighted by Crippen LogP contribution is -2.29. The van der Waals surface area contributed by atoms with Crippen LogP contribution in [0.1, 0.15) is 44.9 Å². The van der Waals surface area contributed by atoms with Crippen LogP contribution in [-0.4, -0.2) is 27.9 Å². The highest BCUT2D eigenvalue weighted by Crippen LogP contribution is 2.31. The van der Waals surface area contributed by atoms with Gasteiger partial charge in [0.2, 0.25) is 0 Å². The summed E-state index contributed by atoms with van der Waals surface area (Å²) in [5.41, 5.74) is 0. The van der Waals surface area contributed by atoms with Crippen LogP contribution in [0.4, 0.5) is 0 Å². The maximum atomic E-state index is 12.0. The lowest BCUT2D eigenvalue weighted by Gasteiger charge is -2.27. The molecule has 0 amide bonds. The monoisotopic (exact) mass is 242 g/mol. The third-order valence-corrected chi connectivity index (χ3v) is 3.32. The number of hydrogen-bond donors (Lipinski definition) is 2. The molecular weight excluding hydrogens is 224 g/mol. The minimum Gasteiger partial charge on any atom is -0.481 e. The van der Waals surface area contributed by atoms with Gasteiger partial charge in [-0.1, -0.05) is 6.42 Å². The van der Waals surface area contributed by atoms with Crippen LogP contribution in [0.2, 0.25) is 0 Å². The van der Waals surface area contributed by atoms with Gasteiger partial charge in [-0.2, -0.15) is 0 Å². The predicted octanol–water partition coefficient (Wildman–Crippen LogP) is 1.70. The normalized spacial score (nSPS) is 24.6. The molecule has 1 fully saturated rings. The molecule has 1 aliphatic carbocycles. The molecule has 0 saturated heterocycles. The first-order valence-electron chi connectivity index (χ1n) is 5.98. The number of rotatable bonds is 6. The summed E-state index contributed by atoms with van der Waals surface area (Å²) in [7, 11) is 0. The van der Waals surface area contributed by atoms with Crippen molar-refractivity contribution in [2.24, 2.45) is 11.8 Å². The number of carbonyl (C=O) groups excluding carboxylic acids is 1. The van der Waals surface area contributed by atoms with E-state index in [4.69, 9.17) is 10.2 Å². The molecule has 0 radical (unpaired) electrons. The van der Waals surface area contributed by atoms with E-state index in [1.165, 1.54) is 0 Å². The molecule has 96 valence electrons. The Morgan fingerprint density at radius 1 is 1.00 bits per heavy atom. The van der Waals surface area contributed by atoms with E-state index in [2.05, 4.69) is 0 Å². The van der Waals surface area contributed by atoms with E-state index in [0.717, 1.165) is 19.3 Å². The Balaban J connectivity index is 2.44. The number of carboxylic acid groups (broad SMARTS) is 2. The summed E-state index contributed by atoms with van der Waals surface area (Å²) in [6, 6.07) is 0. The van der Waals surface area contributed by atoms with Crippen LogP contribution in [-0.2, 0) is 14.4 Å². The molecule has 0 unspecified atom stereocenters. The van der Waals surface area contributed by atoms with Gasteiger partial charge in [0.1, 0.15) is 5.78 Å². The molecule has 1 aliphatic rings. The van der Waals surface area contributed by atoms with E-state index in [1.54, 1.807) is 0 Å². The number of Topliss-reactive ketones (excluding diaryl/α,β-unsaturated/α-hetero) is 1. The molecule has 2 atom stereocenters. The first kappa shape index (κ1) is 13.7. The average molecular weight is 242 g/mol. The van der Waals surface area contributed by atoms with Gasteiger partial charge in [-0.05, 0) is 25.7 Å². The Morgan fingerprint density at radius 2 is 1.41 bits per heavy atom. The van der Waals surface area contributed by atoms with Crippen molar-refractivity contribution in [1.82, 2.24) is 0 Å². The van der Waals surface area contributed by atoms with Gasteiger partial charge in [0.25, 0.3) is 0 Å². The summed E-state index contributed by atoms with van der Waals surface area (Å²) in [6.07, 6.45) is 3.19. The van der Waals surface area contributed by atoms with E-state index in [1.807, 2.05) is 0 Å². The summed E-state index contributed by atoms with van der Waals surface area (Å²) in [5, 5.41) is 17.2. The van der Waals surface area contributed by atoms with Gasteiger partial charge in [-0.25, -0.2) is 0 Å². The predicted molar refractivity (Wildman–Crippen MR) is 59.6 cm³/mol. The van der Waals surface area contributed by atoms with E-state index in [0.29, 0.717) is 12.8 Å². The van der Waals surface area contributed by atoms with Gasteiger partial charge in [0, 0.05) is 24.7 Å². The lowest BCUT2D eigenvalue weighted by molar-refractivity contribution is -0.138. The maximum absolute atomic E-state index is 12.0. The summed E-state index contributed by atoms with van der Waals surface area (Å²) in [6.45, 7) is 0. The van der Waals surface area contributed by atoms with Crippen molar-refractivity contribution in [3.63, 3.8) is 0 Å². The SMILES string of the molecule is O=C(O)CC[C@H]1CCC[C@H](CCC(=O)O)C1=O. The van der Waals surface area contributed by atoms with Crippen molar-refractivity contribution < 1.29 is 24.6 Å². The first-order valence-corrected chi connectivity index (χ1v) is 5.98. The van der Waals surface area contributed by atoms with Crippen molar-refractivity contribution in [3.05, 3.63) is 0 Å². The van der Waals surface area contributed by atoms with E-state index < -0.39 is 11.9 Å².